The summed E-state index contributed by atoms with van der Waals surface area (Å²) in [6, 6.07) is 14.6. The molecule has 2 unspecified atom stereocenters. The summed E-state index contributed by atoms with van der Waals surface area (Å²) in [5.74, 6) is 0.166. The Kier molecular flexibility index (Phi) is 19.7. The first-order valence-electron chi connectivity index (χ1n) is 23.0. The standard InChI is InChI=1S/C24H34ClN5O4S.C19H30ClN3O2.C5H5FN2O2S/c1-23(2,3)34-22(31)30-15-16(14-24(30,4)5)9-10-18(19-13-17(25)11-12-27-19)28-20-7-6-8-21(29-20)35(26,32)33;1-18(2,3)25-17(24)23-12-13(11-19(23,4)5)6-7-15(21)16-10-14(20)8-9-22-16;6-4-2-1-3-5(8-4)11(7,9)10/h6-8,11-13,16,18H,9-10,14-15H2,1-5H3,(H,28,29)(H2,26,32,33);8-10,13,15H,6-7,11-12,21H2,1-5H3;1-3H,(H2,7,9,10)/t16-,18?;13-,15?;/m00./s1. The molecule has 0 aromatic carbocycles. The molecule has 71 heavy (non-hydrogen) atoms. The van der Waals surface area contributed by atoms with E-state index >= 15 is 0 Å². The second-order valence-electron chi connectivity index (χ2n) is 21.0. The van der Waals surface area contributed by atoms with E-state index in [0.29, 0.717) is 47.0 Å². The van der Waals surface area contributed by atoms with Gasteiger partial charge in [0.15, 0.2) is 10.1 Å². The maximum atomic E-state index is 12.8. The Morgan fingerprint density at radius 3 is 1.61 bits per heavy atom. The second-order valence-corrected chi connectivity index (χ2v) is 24.8. The molecule has 0 spiro atoms. The van der Waals surface area contributed by atoms with E-state index in [1.54, 1.807) is 47.6 Å². The number of amides is 2. The van der Waals surface area contributed by atoms with Crippen LogP contribution in [0.4, 0.5) is 19.8 Å². The first kappa shape index (κ1) is 58.8. The van der Waals surface area contributed by atoms with Gasteiger partial charge < -0.3 is 30.3 Å². The average Bonchev–Trinajstić information content (AvgIpc) is 3.73. The van der Waals surface area contributed by atoms with Crippen molar-refractivity contribution in [2.24, 2.45) is 27.8 Å². The molecule has 0 bridgehead atoms. The largest absolute Gasteiger partial charge is 0.444 e. The number of primary sulfonamides is 2. The Balaban J connectivity index is 0.000000263. The van der Waals surface area contributed by atoms with Crippen LogP contribution in [0.5, 0.6) is 0 Å². The van der Waals surface area contributed by atoms with Gasteiger partial charge in [-0.25, -0.2) is 46.7 Å². The highest BCUT2D eigenvalue weighted by Gasteiger charge is 2.44. The minimum absolute atomic E-state index is 0.141. The number of carbonyl (C=O) groups excluding carboxylic acids is 2. The number of halogens is 3. The number of nitrogens with zero attached hydrogens (tertiary/aromatic N) is 6. The van der Waals surface area contributed by atoms with Gasteiger partial charge in [0.25, 0.3) is 20.0 Å². The van der Waals surface area contributed by atoms with Crippen molar-refractivity contribution in [3.8, 4) is 0 Å². The van der Waals surface area contributed by atoms with E-state index in [2.05, 4.69) is 44.2 Å². The van der Waals surface area contributed by atoms with Gasteiger partial charge in [-0.2, -0.15) is 4.39 Å². The Morgan fingerprint density at radius 1 is 0.732 bits per heavy atom. The van der Waals surface area contributed by atoms with Crippen LogP contribution in [0.25, 0.3) is 0 Å². The molecule has 0 aliphatic carbocycles. The minimum atomic E-state index is -3.94. The van der Waals surface area contributed by atoms with Crippen molar-refractivity contribution in [2.75, 3.05) is 18.4 Å². The second kappa shape index (κ2) is 23.8. The minimum Gasteiger partial charge on any atom is -0.444 e. The molecule has 0 radical (unpaired) electrons. The summed E-state index contributed by atoms with van der Waals surface area (Å²) < 4.78 is 68.0. The van der Waals surface area contributed by atoms with Gasteiger partial charge in [0.2, 0.25) is 5.95 Å². The molecule has 392 valence electrons. The highest BCUT2D eigenvalue weighted by atomic mass is 35.5. The predicted octanol–water partition coefficient (Wildman–Crippen LogP) is 9.17. The van der Waals surface area contributed by atoms with E-state index in [-0.39, 0.29) is 46.3 Å². The summed E-state index contributed by atoms with van der Waals surface area (Å²) in [7, 11) is -7.81. The number of carbonyl (C=O) groups is 2. The molecule has 0 saturated carbocycles. The van der Waals surface area contributed by atoms with E-state index in [4.69, 9.17) is 43.5 Å². The fourth-order valence-corrected chi connectivity index (χ4v) is 9.63. The molecule has 2 aliphatic heterocycles. The number of anilines is 1. The smallest absolute Gasteiger partial charge is 0.410 e. The zero-order valence-corrected chi connectivity index (χ0v) is 45.2. The highest BCUT2D eigenvalue weighted by molar-refractivity contribution is 7.89. The molecule has 4 aromatic heterocycles. The van der Waals surface area contributed by atoms with E-state index in [0.717, 1.165) is 49.9 Å². The molecule has 7 N–H and O–H groups in total. The van der Waals surface area contributed by atoms with Crippen molar-refractivity contribution in [1.82, 2.24) is 29.7 Å². The van der Waals surface area contributed by atoms with E-state index in [1.165, 1.54) is 12.1 Å². The van der Waals surface area contributed by atoms with Crippen molar-refractivity contribution >= 4 is 61.3 Å². The highest BCUT2D eigenvalue weighted by Crippen LogP contribution is 2.39. The lowest BCUT2D eigenvalue weighted by Crippen LogP contribution is -2.45. The van der Waals surface area contributed by atoms with Crippen LogP contribution in [0.2, 0.25) is 10.0 Å². The number of pyridine rings is 4. The van der Waals surface area contributed by atoms with Crippen molar-refractivity contribution < 1.29 is 40.3 Å². The van der Waals surface area contributed by atoms with Crippen LogP contribution < -0.4 is 21.3 Å². The van der Waals surface area contributed by atoms with Gasteiger partial charge in [-0.15, -0.1) is 0 Å². The van der Waals surface area contributed by atoms with Crippen LogP contribution in [0.15, 0.2) is 83.1 Å². The molecule has 6 heterocycles. The zero-order valence-electron chi connectivity index (χ0n) is 42.0. The van der Waals surface area contributed by atoms with Crippen molar-refractivity contribution in [3.05, 3.63) is 100 Å². The third kappa shape index (κ3) is 19.0. The van der Waals surface area contributed by atoms with Gasteiger partial charge in [-0.1, -0.05) is 35.3 Å². The van der Waals surface area contributed by atoms with Gasteiger partial charge in [-0.05, 0) is 168 Å². The average molecular weight is 1070 g/mol. The number of likely N-dealkylation sites (tertiary alicyclic amines) is 2. The molecule has 4 atom stereocenters. The summed E-state index contributed by atoms with van der Waals surface area (Å²) >= 11 is 12.2. The van der Waals surface area contributed by atoms with Crippen molar-refractivity contribution in [2.45, 2.75) is 152 Å². The third-order valence-electron chi connectivity index (χ3n) is 11.4. The first-order chi connectivity index (χ1) is 32.6. The molecule has 2 amide bonds. The van der Waals surface area contributed by atoms with E-state index in [9.17, 15) is 30.8 Å². The lowest BCUT2D eigenvalue weighted by atomic mass is 9.91. The third-order valence-corrected chi connectivity index (χ3v) is 13.5. The van der Waals surface area contributed by atoms with Crippen molar-refractivity contribution in [1.29, 1.82) is 0 Å². The maximum Gasteiger partial charge on any atom is 0.410 e. The fourth-order valence-electron chi connectivity index (χ4n) is 8.31. The van der Waals surface area contributed by atoms with Gasteiger partial charge in [0.1, 0.15) is 17.0 Å². The lowest BCUT2D eigenvalue weighted by molar-refractivity contribution is 0.0118. The van der Waals surface area contributed by atoms with Gasteiger partial charge >= 0.3 is 12.2 Å². The number of nitrogens with two attached hydrogens (primary N) is 3. The quantitative estimate of drug-likeness (QED) is 0.0964. The van der Waals surface area contributed by atoms with Crippen LogP contribution in [-0.4, -0.2) is 94.1 Å². The summed E-state index contributed by atoms with van der Waals surface area (Å²) in [4.78, 5) is 44.9. The molecular formula is C48H69Cl2FN10O8S2. The van der Waals surface area contributed by atoms with Crippen LogP contribution in [0.1, 0.15) is 131 Å². The number of ether oxygens (including phenoxy) is 2. The zero-order chi connectivity index (χ0) is 53.3. The fraction of sp³-hybridized carbons (Fsp3) is 0.542. The number of hydrogen-bond acceptors (Lipinski definition) is 14. The van der Waals surface area contributed by atoms with Crippen LogP contribution in [0, 0.1) is 17.8 Å². The lowest BCUT2D eigenvalue weighted by Gasteiger charge is -2.33. The summed E-state index contributed by atoms with van der Waals surface area (Å²) in [6.45, 7) is 20.8. The molecule has 6 rings (SSSR count). The van der Waals surface area contributed by atoms with Crippen LogP contribution in [0.3, 0.4) is 0 Å². The SMILES string of the molecule is CC(C)(C)OC(=O)N1C[C@@H](CCC(N)c2cc(Cl)ccn2)CC1(C)C.CC(C)(C)OC(=O)N1C[C@@H](CCC(Nc2cccc(S(N)(=O)=O)n2)c2cc(Cl)ccn2)CC1(C)C.NS(=O)(=O)c1cccc(F)n1. The molecule has 23 heteroatoms. The Bertz CT molecular complexity index is 2690. The number of nitrogens with one attached hydrogen (secondary N) is 1. The molecular weight excluding hydrogens is 999 g/mol. The Labute approximate surface area is 428 Å². The van der Waals surface area contributed by atoms with Crippen LogP contribution >= 0.6 is 23.2 Å². The number of aromatic nitrogens is 4. The molecule has 2 aliphatic rings. The van der Waals surface area contributed by atoms with Crippen LogP contribution in [-0.2, 0) is 29.5 Å². The predicted molar refractivity (Wildman–Crippen MR) is 272 cm³/mol. The Morgan fingerprint density at radius 2 is 1.17 bits per heavy atom. The molecule has 2 saturated heterocycles. The normalized spacial score (nSPS) is 18.5. The maximum absolute atomic E-state index is 12.8. The molecule has 4 aromatic rings. The van der Waals surface area contributed by atoms with E-state index < -0.39 is 42.2 Å². The number of hydrogen-bond donors (Lipinski definition) is 4. The topological polar surface area (TPSA) is 269 Å². The molecule has 2 fully saturated rings. The number of sulfonamides is 2. The number of rotatable bonds is 12. The Hall–Kier alpha value is -4.77. The van der Waals surface area contributed by atoms with Crippen molar-refractivity contribution in [3.63, 3.8) is 0 Å². The molecule has 18 nitrogen and oxygen atoms in total. The van der Waals surface area contributed by atoms with Gasteiger partial charge in [0, 0.05) is 52.6 Å². The van der Waals surface area contributed by atoms with Gasteiger partial charge in [-0.3, -0.25) is 9.97 Å². The summed E-state index contributed by atoms with van der Waals surface area (Å²) in [5.41, 5.74) is 6.22. The van der Waals surface area contributed by atoms with Gasteiger partial charge in [0.05, 0.1) is 17.4 Å². The summed E-state index contributed by atoms with van der Waals surface area (Å²) in [5, 5.41) is 13.7. The van der Waals surface area contributed by atoms with E-state index in [1.807, 2.05) is 66.4 Å². The monoisotopic (exact) mass is 1070 g/mol. The first-order valence-corrected chi connectivity index (χ1v) is 26.9. The summed E-state index contributed by atoms with van der Waals surface area (Å²) in [6.07, 6.45) is 7.77.